The van der Waals surface area contributed by atoms with Crippen molar-refractivity contribution in [1.29, 1.82) is 0 Å². The van der Waals surface area contributed by atoms with E-state index in [0.717, 1.165) is 24.3 Å². The molecular formula is C22H28O4. The van der Waals surface area contributed by atoms with E-state index in [0.29, 0.717) is 18.3 Å². The van der Waals surface area contributed by atoms with E-state index in [1.165, 1.54) is 24.8 Å². The van der Waals surface area contributed by atoms with Crippen molar-refractivity contribution in [3.63, 3.8) is 0 Å². The van der Waals surface area contributed by atoms with Crippen molar-refractivity contribution in [3.05, 3.63) is 65.2 Å². The molecule has 26 heavy (non-hydrogen) atoms. The molecule has 4 heteroatoms. The second-order valence-corrected chi connectivity index (χ2v) is 6.26. The Kier molecular flexibility index (Phi) is 8.16. The number of hydrogen-bond acceptors (Lipinski definition) is 3. The van der Waals surface area contributed by atoms with Gasteiger partial charge in [-0.1, -0.05) is 37.3 Å². The zero-order chi connectivity index (χ0) is 18.8. The molecule has 1 aliphatic carbocycles. The van der Waals surface area contributed by atoms with E-state index >= 15 is 0 Å². The summed E-state index contributed by atoms with van der Waals surface area (Å²) >= 11 is 0. The Labute approximate surface area is 155 Å². The summed E-state index contributed by atoms with van der Waals surface area (Å²) in [4.78, 5) is 10.7. The van der Waals surface area contributed by atoms with Crippen molar-refractivity contribution >= 4 is 5.97 Å². The molecule has 4 nitrogen and oxygen atoms in total. The van der Waals surface area contributed by atoms with Crippen LogP contribution in [0, 0.1) is 0 Å². The SMILES string of the molecule is CCOc1ccc(C(=O)O)cc1CC.c1ccc(COC2CCC2)cc1. The molecule has 0 saturated heterocycles. The molecule has 0 spiro atoms. The third-order valence-electron chi connectivity index (χ3n) is 4.37. The van der Waals surface area contributed by atoms with Crippen molar-refractivity contribution in [2.45, 2.75) is 52.2 Å². The van der Waals surface area contributed by atoms with Gasteiger partial charge in [-0.15, -0.1) is 0 Å². The molecule has 2 aromatic carbocycles. The first-order chi connectivity index (χ1) is 12.6. The molecule has 0 atom stereocenters. The van der Waals surface area contributed by atoms with Gasteiger partial charge in [-0.05, 0) is 61.9 Å². The predicted octanol–water partition coefficient (Wildman–Crippen LogP) is 5.10. The molecule has 0 aromatic heterocycles. The highest BCUT2D eigenvalue weighted by atomic mass is 16.5. The van der Waals surface area contributed by atoms with Crippen molar-refractivity contribution in [1.82, 2.24) is 0 Å². The Balaban J connectivity index is 0.000000189. The average molecular weight is 356 g/mol. The van der Waals surface area contributed by atoms with Gasteiger partial charge in [0.25, 0.3) is 0 Å². The van der Waals surface area contributed by atoms with Crippen LogP contribution in [0.15, 0.2) is 48.5 Å². The summed E-state index contributed by atoms with van der Waals surface area (Å²) in [6.07, 6.45) is 5.18. The van der Waals surface area contributed by atoms with Crippen LogP contribution in [0.1, 0.15) is 54.6 Å². The zero-order valence-electron chi connectivity index (χ0n) is 15.6. The lowest BCUT2D eigenvalue weighted by Crippen LogP contribution is -2.21. The van der Waals surface area contributed by atoms with Gasteiger partial charge in [-0.2, -0.15) is 0 Å². The third-order valence-corrected chi connectivity index (χ3v) is 4.37. The summed E-state index contributed by atoms with van der Waals surface area (Å²) < 4.78 is 11.0. The molecule has 0 heterocycles. The minimum absolute atomic E-state index is 0.310. The maximum Gasteiger partial charge on any atom is 0.335 e. The molecule has 0 aliphatic heterocycles. The van der Waals surface area contributed by atoms with E-state index in [9.17, 15) is 4.79 Å². The van der Waals surface area contributed by atoms with E-state index < -0.39 is 5.97 Å². The number of carboxylic acids is 1. The fourth-order valence-corrected chi connectivity index (χ4v) is 2.61. The van der Waals surface area contributed by atoms with Crippen LogP contribution in [0.4, 0.5) is 0 Å². The van der Waals surface area contributed by atoms with Gasteiger partial charge in [0.1, 0.15) is 5.75 Å². The van der Waals surface area contributed by atoms with Gasteiger partial charge in [0.15, 0.2) is 0 Å². The normalized spacial score (nSPS) is 13.3. The van der Waals surface area contributed by atoms with Gasteiger partial charge in [-0.25, -0.2) is 4.79 Å². The van der Waals surface area contributed by atoms with Gasteiger partial charge < -0.3 is 14.6 Å². The van der Waals surface area contributed by atoms with Crippen molar-refractivity contribution in [2.75, 3.05) is 6.61 Å². The fraction of sp³-hybridized carbons (Fsp3) is 0.409. The monoisotopic (exact) mass is 356 g/mol. The molecule has 2 aromatic rings. The van der Waals surface area contributed by atoms with Crippen molar-refractivity contribution < 1.29 is 19.4 Å². The summed E-state index contributed by atoms with van der Waals surface area (Å²) in [6.45, 7) is 5.26. The van der Waals surface area contributed by atoms with E-state index in [2.05, 4.69) is 24.3 Å². The molecule has 3 rings (SSSR count). The molecule has 1 N–H and O–H groups in total. The highest BCUT2D eigenvalue weighted by Gasteiger charge is 2.17. The number of aromatic carboxylic acids is 1. The van der Waals surface area contributed by atoms with E-state index in [1.54, 1.807) is 18.2 Å². The first-order valence-corrected chi connectivity index (χ1v) is 9.28. The van der Waals surface area contributed by atoms with Crippen LogP contribution in [-0.2, 0) is 17.8 Å². The van der Waals surface area contributed by atoms with Crippen LogP contribution >= 0.6 is 0 Å². The minimum Gasteiger partial charge on any atom is -0.494 e. The Morgan fingerprint density at radius 3 is 2.38 bits per heavy atom. The van der Waals surface area contributed by atoms with Gasteiger partial charge in [0.05, 0.1) is 24.9 Å². The summed E-state index contributed by atoms with van der Waals surface area (Å²) in [6, 6.07) is 15.3. The summed E-state index contributed by atoms with van der Waals surface area (Å²) in [7, 11) is 0. The van der Waals surface area contributed by atoms with Crippen LogP contribution in [0.25, 0.3) is 0 Å². The number of benzene rings is 2. The number of carboxylic acid groups (broad SMARTS) is 1. The van der Waals surface area contributed by atoms with E-state index in [-0.39, 0.29) is 0 Å². The molecule has 1 saturated carbocycles. The molecule has 140 valence electrons. The largest absolute Gasteiger partial charge is 0.494 e. The van der Waals surface area contributed by atoms with Crippen LogP contribution in [0.5, 0.6) is 5.75 Å². The fourth-order valence-electron chi connectivity index (χ4n) is 2.61. The van der Waals surface area contributed by atoms with Crippen LogP contribution in [-0.4, -0.2) is 23.8 Å². The van der Waals surface area contributed by atoms with Crippen molar-refractivity contribution in [2.24, 2.45) is 0 Å². The molecule has 0 bridgehead atoms. The Morgan fingerprint density at radius 1 is 1.12 bits per heavy atom. The van der Waals surface area contributed by atoms with Crippen molar-refractivity contribution in [3.8, 4) is 5.75 Å². The standard InChI is InChI=1S/C11H14O3.C11H14O/c1-3-8-7-9(11(12)13)5-6-10(8)14-4-2;1-2-5-10(6-3-1)9-12-11-7-4-8-11/h5-7H,3-4H2,1-2H3,(H,12,13);1-3,5-6,11H,4,7-9H2. The second kappa shape index (κ2) is 10.6. The number of hydrogen-bond donors (Lipinski definition) is 1. The van der Waals surface area contributed by atoms with Crippen LogP contribution < -0.4 is 4.74 Å². The highest BCUT2D eigenvalue weighted by molar-refractivity contribution is 5.88. The number of rotatable bonds is 7. The van der Waals surface area contributed by atoms with E-state index in [4.69, 9.17) is 14.6 Å². The lowest BCUT2D eigenvalue weighted by molar-refractivity contribution is -0.00866. The molecule has 1 aliphatic rings. The average Bonchev–Trinajstić information content (AvgIpc) is 2.62. The molecule has 0 radical (unpaired) electrons. The lowest BCUT2D eigenvalue weighted by atomic mass is 9.96. The first kappa shape index (κ1) is 20.0. The molecule has 0 unspecified atom stereocenters. The Bertz CT molecular complexity index is 678. The lowest BCUT2D eigenvalue weighted by Gasteiger charge is -2.25. The van der Waals surface area contributed by atoms with Crippen LogP contribution in [0.2, 0.25) is 0 Å². The third kappa shape index (κ3) is 6.19. The smallest absolute Gasteiger partial charge is 0.335 e. The number of aryl methyl sites for hydroxylation is 1. The minimum atomic E-state index is -0.900. The van der Waals surface area contributed by atoms with Crippen LogP contribution in [0.3, 0.4) is 0 Å². The first-order valence-electron chi connectivity index (χ1n) is 9.28. The van der Waals surface area contributed by atoms with Gasteiger partial charge in [-0.3, -0.25) is 0 Å². The highest BCUT2D eigenvalue weighted by Crippen LogP contribution is 2.23. The second-order valence-electron chi connectivity index (χ2n) is 6.26. The topological polar surface area (TPSA) is 55.8 Å². The maximum absolute atomic E-state index is 10.7. The Morgan fingerprint density at radius 2 is 1.85 bits per heavy atom. The Hall–Kier alpha value is -2.33. The number of ether oxygens (including phenoxy) is 2. The predicted molar refractivity (Wildman–Crippen MR) is 103 cm³/mol. The zero-order valence-corrected chi connectivity index (χ0v) is 15.6. The van der Waals surface area contributed by atoms with Gasteiger partial charge in [0, 0.05) is 0 Å². The summed E-state index contributed by atoms with van der Waals surface area (Å²) in [5.41, 5.74) is 2.53. The van der Waals surface area contributed by atoms with Gasteiger partial charge in [0.2, 0.25) is 0 Å². The molecule has 0 amide bonds. The molecule has 1 fully saturated rings. The van der Waals surface area contributed by atoms with Gasteiger partial charge >= 0.3 is 5.97 Å². The number of carbonyl (C=O) groups is 1. The summed E-state index contributed by atoms with van der Waals surface area (Å²) in [5.74, 6) is -0.122. The maximum atomic E-state index is 10.7. The van der Waals surface area contributed by atoms with E-state index in [1.807, 2.05) is 19.9 Å². The molecular weight excluding hydrogens is 328 g/mol. The summed E-state index contributed by atoms with van der Waals surface area (Å²) in [5, 5.41) is 8.78. The quantitative estimate of drug-likeness (QED) is 0.750.